The maximum Gasteiger partial charge on any atom is 0.226 e. The summed E-state index contributed by atoms with van der Waals surface area (Å²) in [5.74, 6) is 0.625. The van der Waals surface area contributed by atoms with Crippen molar-refractivity contribution < 1.29 is 18.4 Å². The van der Waals surface area contributed by atoms with Crippen LogP contribution in [-0.4, -0.2) is 35.3 Å². The van der Waals surface area contributed by atoms with Crippen molar-refractivity contribution in [1.82, 2.24) is 15.5 Å². The second kappa shape index (κ2) is 10.9. The molecule has 1 amide bonds. The van der Waals surface area contributed by atoms with E-state index in [1.807, 2.05) is 0 Å². The van der Waals surface area contributed by atoms with Crippen molar-refractivity contribution in [2.24, 2.45) is 0 Å². The third-order valence-electron chi connectivity index (χ3n) is 4.91. The van der Waals surface area contributed by atoms with Gasteiger partial charge in [-0.2, -0.15) is 4.98 Å². The monoisotopic (exact) mass is 389 g/mol. The molecule has 1 heterocycles. The number of rotatable bonds is 10. The molecule has 152 valence electrons. The van der Waals surface area contributed by atoms with Crippen molar-refractivity contribution in [2.45, 2.75) is 63.9 Å². The molecule has 1 aliphatic rings. The number of benzene rings is 1. The van der Waals surface area contributed by atoms with Crippen molar-refractivity contribution in [1.29, 1.82) is 0 Å². The van der Waals surface area contributed by atoms with Gasteiger partial charge >= 0.3 is 0 Å². The van der Waals surface area contributed by atoms with Crippen molar-refractivity contribution in [3.8, 4) is 11.4 Å². The molecule has 1 aromatic heterocycles. The number of hydrogen-bond donors (Lipinski definition) is 1. The highest BCUT2D eigenvalue weighted by Gasteiger charge is 2.13. The van der Waals surface area contributed by atoms with Crippen molar-refractivity contribution in [2.75, 3.05) is 13.2 Å². The van der Waals surface area contributed by atoms with E-state index in [1.165, 1.54) is 44.2 Å². The van der Waals surface area contributed by atoms with Crippen LogP contribution in [0.1, 0.15) is 57.3 Å². The van der Waals surface area contributed by atoms with E-state index >= 15 is 0 Å². The fraction of sp³-hybridized carbons (Fsp3) is 0.571. The van der Waals surface area contributed by atoms with Gasteiger partial charge in [0.1, 0.15) is 5.82 Å². The van der Waals surface area contributed by atoms with Crippen LogP contribution < -0.4 is 5.32 Å². The molecular formula is C21H28FN3O3. The molecule has 1 N–H and O–H groups in total. The van der Waals surface area contributed by atoms with Crippen LogP contribution in [0.2, 0.25) is 0 Å². The Morgan fingerprint density at radius 1 is 1.18 bits per heavy atom. The highest BCUT2D eigenvalue weighted by atomic mass is 19.1. The van der Waals surface area contributed by atoms with E-state index < -0.39 is 0 Å². The first-order chi connectivity index (χ1) is 13.7. The zero-order valence-electron chi connectivity index (χ0n) is 16.2. The molecule has 1 aromatic carbocycles. The summed E-state index contributed by atoms with van der Waals surface area (Å²) in [5, 5.41) is 6.82. The molecule has 1 fully saturated rings. The molecule has 7 heteroatoms. The second-order valence-electron chi connectivity index (χ2n) is 7.21. The molecule has 28 heavy (non-hydrogen) atoms. The highest BCUT2D eigenvalue weighted by molar-refractivity contribution is 5.75. The largest absolute Gasteiger partial charge is 0.378 e. The normalized spacial score (nSPS) is 14.9. The topological polar surface area (TPSA) is 77.2 Å². The van der Waals surface area contributed by atoms with Gasteiger partial charge in [-0.3, -0.25) is 4.79 Å². The van der Waals surface area contributed by atoms with Gasteiger partial charge in [-0.1, -0.05) is 24.4 Å². The number of carbonyl (C=O) groups is 1. The van der Waals surface area contributed by atoms with Crippen LogP contribution in [-0.2, 0) is 16.0 Å². The molecule has 6 nitrogen and oxygen atoms in total. The average Bonchev–Trinajstić information content (AvgIpc) is 3.18. The van der Waals surface area contributed by atoms with E-state index in [0.717, 1.165) is 6.42 Å². The minimum atomic E-state index is -0.306. The lowest BCUT2D eigenvalue weighted by Crippen LogP contribution is -2.26. The van der Waals surface area contributed by atoms with Gasteiger partial charge in [0, 0.05) is 31.6 Å². The summed E-state index contributed by atoms with van der Waals surface area (Å²) in [7, 11) is 0. The Kier molecular flexibility index (Phi) is 7.96. The number of halogens is 1. The third kappa shape index (κ3) is 6.71. The van der Waals surface area contributed by atoms with Crippen molar-refractivity contribution in [3.05, 3.63) is 36.0 Å². The minimum Gasteiger partial charge on any atom is -0.378 e. The first kappa shape index (κ1) is 20.5. The van der Waals surface area contributed by atoms with Gasteiger partial charge < -0.3 is 14.6 Å². The first-order valence-electron chi connectivity index (χ1n) is 10.2. The van der Waals surface area contributed by atoms with E-state index in [9.17, 15) is 9.18 Å². The standard InChI is InChI=1S/C21H28FN3O3/c22-17-12-10-16(11-13-17)21-24-20(28-25-21)9-4-8-19(26)23-14-5-15-27-18-6-2-1-3-7-18/h10-13,18H,1-9,14-15H2,(H,23,26). The predicted molar refractivity (Wildman–Crippen MR) is 103 cm³/mol. The van der Waals surface area contributed by atoms with Gasteiger partial charge in [0.15, 0.2) is 0 Å². The molecule has 0 aliphatic heterocycles. The Morgan fingerprint density at radius 2 is 1.96 bits per heavy atom. The molecular weight excluding hydrogens is 361 g/mol. The molecule has 0 unspecified atom stereocenters. The number of hydrogen-bond acceptors (Lipinski definition) is 5. The summed E-state index contributed by atoms with van der Waals surface area (Å²) in [5.41, 5.74) is 0.699. The SMILES string of the molecule is O=C(CCCc1nc(-c2ccc(F)cc2)no1)NCCCOC1CCCCC1. The van der Waals surface area contributed by atoms with E-state index in [0.29, 0.717) is 55.8 Å². The maximum atomic E-state index is 13.0. The fourth-order valence-electron chi connectivity index (χ4n) is 3.34. The molecule has 2 aromatic rings. The summed E-state index contributed by atoms with van der Waals surface area (Å²) in [4.78, 5) is 16.2. The number of carbonyl (C=O) groups excluding carboxylic acids is 1. The van der Waals surface area contributed by atoms with E-state index in [-0.39, 0.29) is 11.7 Å². The number of amides is 1. The number of ether oxygens (including phenoxy) is 1. The number of nitrogens with zero attached hydrogens (tertiary/aromatic N) is 2. The third-order valence-corrected chi connectivity index (χ3v) is 4.91. The molecule has 1 saturated carbocycles. The first-order valence-corrected chi connectivity index (χ1v) is 10.2. The van der Waals surface area contributed by atoms with Crippen LogP contribution >= 0.6 is 0 Å². The highest BCUT2D eigenvalue weighted by Crippen LogP contribution is 2.20. The summed E-state index contributed by atoms with van der Waals surface area (Å²) in [6.45, 7) is 1.35. The molecule has 0 bridgehead atoms. The van der Waals surface area contributed by atoms with Gasteiger partial charge in [0.05, 0.1) is 6.10 Å². The van der Waals surface area contributed by atoms with Gasteiger partial charge in [0.2, 0.25) is 17.6 Å². The number of aromatic nitrogens is 2. The molecule has 3 rings (SSSR count). The summed E-state index contributed by atoms with van der Waals surface area (Å²) >= 11 is 0. The van der Waals surface area contributed by atoms with Crippen LogP contribution in [0.4, 0.5) is 4.39 Å². The smallest absolute Gasteiger partial charge is 0.226 e. The van der Waals surface area contributed by atoms with Crippen LogP contribution in [0.3, 0.4) is 0 Å². The van der Waals surface area contributed by atoms with Gasteiger partial charge in [-0.05, 0) is 49.9 Å². The number of aryl methyl sites for hydroxylation is 1. The fourth-order valence-corrected chi connectivity index (χ4v) is 3.34. The van der Waals surface area contributed by atoms with E-state index in [2.05, 4.69) is 15.5 Å². The Labute approximate surface area is 164 Å². The summed E-state index contributed by atoms with van der Waals surface area (Å²) in [6.07, 6.45) is 9.05. The second-order valence-corrected chi connectivity index (χ2v) is 7.21. The van der Waals surface area contributed by atoms with Crippen molar-refractivity contribution in [3.63, 3.8) is 0 Å². The van der Waals surface area contributed by atoms with Gasteiger partial charge in [0.25, 0.3) is 0 Å². The average molecular weight is 389 g/mol. The molecule has 0 saturated heterocycles. The maximum absolute atomic E-state index is 13.0. The Bertz CT molecular complexity index is 727. The minimum absolute atomic E-state index is 0.0240. The molecule has 1 aliphatic carbocycles. The summed E-state index contributed by atoms with van der Waals surface area (Å²) in [6, 6.07) is 5.93. The molecule has 0 atom stereocenters. The lowest BCUT2D eigenvalue weighted by atomic mass is 9.98. The zero-order chi connectivity index (χ0) is 19.6. The zero-order valence-corrected chi connectivity index (χ0v) is 16.2. The van der Waals surface area contributed by atoms with E-state index in [1.54, 1.807) is 12.1 Å². The van der Waals surface area contributed by atoms with Gasteiger partial charge in [-0.15, -0.1) is 0 Å². The Hall–Kier alpha value is -2.28. The lowest BCUT2D eigenvalue weighted by Gasteiger charge is -2.21. The Morgan fingerprint density at radius 3 is 2.75 bits per heavy atom. The van der Waals surface area contributed by atoms with Crippen molar-refractivity contribution >= 4 is 5.91 Å². The van der Waals surface area contributed by atoms with E-state index in [4.69, 9.17) is 9.26 Å². The lowest BCUT2D eigenvalue weighted by molar-refractivity contribution is -0.121. The van der Waals surface area contributed by atoms with Gasteiger partial charge in [-0.25, -0.2) is 4.39 Å². The molecule has 0 spiro atoms. The van der Waals surface area contributed by atoms with Crippen LogP contribution in [0.25, 0.3) is 11.4 Å². The van der Waals surface area contributed by atoms with Crippen LogP contribution in [0.15, 0.2) is 28.8 Å². The van der Waals surface area contributed by atoms with Crippen LogP contribution in [0, 0.1) is 5.82 Å². The quantitative estimate of drug-likeness (QED) is 0.620. The molecule has 0 radical (unpaired) electrons. The number of nitrogens with one attached hydrogen (secondary N) is 1. The predicted octanol–water partition coefficient (Wildman–Crippen LogP) is 4.05. The Balaban J connectivity index is 1.26. The van der Waals surface area contributed by atoms with Crippen LogP contribution in [0.5, 0.6) is 0 Å². The summed E-state index contributed by atoms with van der Waals surface area (Å²) < 4.78 is 24.0.